The summed E-state index contributed by atoms with van der Waals surface area (Å²) in [5.74, 6) is 0.269. The maximum Gasteiger partial charge on any atom is 0.137 e. The second kappa shape index (κ2) is 5.93. The van der Waals surface area contributed by atoms with E-state index in [1.807, 2.05) is 0 Å². The van der Waals surface area contributed by atoms with Gasteiger partial charge in [-0.2, -0.15) is 0 Å². The molecule has 5 heteroatoms. The highest BCUT2D eigenvalue weighted by Crippen LogP contribution is 2.28. The normalized spacial score (nSPS) is 18.4. The van der Waals surface area contributed by atoms with Crippen LogP contribution >= 0.6 is 0 Å². The van der Waals surface area contributed by atoms with Crippen LogP contribution in [0.2, 0.25) is 0 Å². The first-order valence-corrected chi connectivity index (χ1v) is 7.53. The quantitative estimate of drug-likeness (QED) is 0.851. The van der Waals surface area contributed by atoms with Gasteiger partial charge < -0.3 is 10.4 Å². The van der Waals surface area contributed by atoms with E-state index in [4.69, 9.17) is 0 Å². The Labute approximate surface area is 123 Å². The van der Waals surface area contributed by atoms with Crippen LogP contribution in [0.3, 0.4) is 0 Å². The molecule has 1 aromatic carbocycles. The maximum atomic E-state index is 13.4. The Hall–Kier alpha value is -1.75. The van der Waals surface area contributed by atoms with Crippen LogP contribution in [0.4, 0.5) is 10.2 Å². The lowest BCUT2D eigenvalue weighted by Crippen LogP contribution is -2.36. The van der Waals surface area contributed by atoms with Crippen molar-refractivity contribution in [3.05, 3.63) is 30.3 Å². The number of nitrogens with zero attached hydrogens (tertiary/aromatic N) is 2. The molecule has 0 unspecified atom stereocenters. The number of hydrogen-bond acceptors (Lipinski definition) is 4. The molecule has 2 N–H and O–H groups in total. The van der Waals surface area contributed by atoms with Crippen LogP contribution in [0, 0.1) is 5.82 Å². The van der Waals surface area contributed by atoms with Crippen LogP contribution in [0.1, 0.15) is 38.5 Å². The summed E-state index contributed by atoms with van der Waals surface area (Å²) in [5.41, 5.74) is 0.00272. The predicted octanol–water partition coefficient (Wildman–Crippen LogP) is 3.27. The van der Waals surface area contributed by atoms with Gasteiger partial charge in [0.05, 0.1) is 11.1 Å². The first kappa shape index (κ1) is 14.2. The zero-order valence-electron chi connectivity index (χ0n) is 12.0. The van der Waals surface area contributed by atoms with Gasteiger partial charge in [0.15, 0.2) is 0 Å². The van der Waals surface area contributed by atoms with Gasteiger partial charge in [0.1, 0.15) is 18.0 Å². The molecule has 1 heterocycles. The van der Waals surface area contributed by atoms with Crippen molar-refractivity contribution in [2.45, 2.75) is 44.1 Å². The monoisotopic (exact) mass is 289 g/mol. The van der Waals surface area contributed by atoms with Crippen LogP contribution in [-0.2, 0) is 0 Å². The van der Waals surface area contributed by atoms with Crippen molar-refractivity contribution in [1.29, 1.82) is 0 Å². The van der Waals surface area contributed by atoms with Gasteiger partial charge in [-0.15, -0.1) is 0 Å². The molecular formula is C16H20FN3O. The number of hydrogen-bond donors (Lipinski definition) is 2. The number of fused-ring (bicyclic) bond motifs is 1. The lowest BCUT2D eigenvalue weighted by molar-refractivity contribution is 0.0381. The van der Waals surface area contributed by atoms with E-state index < -0.39 is 5.60 Å². The number of halogens is 1. The Morgan fingerprint density at radius 3 is 2.67 bits per heavy atom. The molecule has 0 spiro atoms. The smallest absolute Gasteiger partial charge is 0.137 e. The average molecular weight is 289 g/mol. The van der Waals surface area contributed by atoms with Crippen molar-refractivity contribution >= 4 is 16.7 Å². The SMILES string of the molecule is OC1(CNc2ncnc3ccc(F)cc23)CCCCCC1. The lowest BCUT2D eigenvalue weighted by atomic mass is 9.94. The summed E-state index contributed by atoms with van der Waals surface area (Å²) in [5, 5.41) is 14.5. The van der Waals surface area contributed by atoms with Gasteiger partial charge in [-0.3, -0.25) is 0 Å². The molecule has 1 fully saturated rings. The van der Waals surface area contributed by atoms with E-state index in [1.54, 1.807) is 6.07 Å². The molecule has 2 aromatic rings. The molecule has 4 nitrogen and oxygen atoms in total. The molecule has 0 amide bonds. The minimum atomic E-state index is -0.693. The van der Waals surface area contributed by atoms with E-state index in [0.29, 0.717) is 23.3 Å². The van der Waals surface area contributed by atoms with Crippen molar-refractivity contribution in [2.24, 2.45) is 0 Å². The molecule has 1 aliphatic carbocycles. The molecule has 0 atom stereocenters. The Morgan fingerprint density at radius 1 is 1.14 bits per heavy atom. The first-order chi connectivity index (χ1) is 10.2. The molecule has 3 rings (SSSR count). The summed E-state index contributed by atoms with van der Waals surface area (Å²) in [6, 6.07) is 4.45. The summed E-state index contributed by atoms with van der Waals surface area (Å²) >= 11 is 0. The highest BCUT2D eigenvalue weighted by molar-refractivity contribution is 5.88. The molecule has 21 heavy (non-hydrogen) atoms. The van der Waals surface area contributed by atoms with Gasteiger partial charge in [-0.25, -0.2) is 14.4 Å². The van der Waals surface area contributed by atoms with Crippen molar-refractivity contribution in [1.82, 2.24) is 9.97 Å². The zero-order chi connectivity index (χ0) is 14.7. The second-order valence-electron chi connectivity index (χ2n) is 5.88. The molecule has 1 aromatic heterocycles. The highest BCUT2D eigenvalue weighted by Gasteiger charge is 2.27. The minimum Gasteiger partial charge on any atom is -0.388 e. The summed E-state index contributed by atoms with van der Waals surface area (Å²) in [6.07, 6.45) is 7.54. The predicted molar refractivity (Wildman–Crippen MR) is 80.6 cm³/mol. The zero-order valence-corrected chi connectivity index (χ0v) is 12.0. The van der Waals surface area contributed by atoms with E-state index >= 15 is 0 Å². The Balaban J connectivity index is 1.80. The molecule has 0 saturated heterocycles. The topological polar surface area (TPSA) is 58.0 Å². The third-order valence-electron chi connectivity index (χ3n) is 4.22. The molecule has 0 bridgehead atoms. The van der Waals surface area contributed by atoms with Crippen LogP contribution in [0.5, 0.6) is 0 Å². The number of aromatic nitrogens is 2. The van der Waals surface area contributed by atoms with Gasteiger partial charge in [0.25, 0.3) is 0 Å². The van der Waals surface area contributed by atoms with Crippen molar-refractivity contribution in [2.75, 3.05) is 11.9 Å². The van der Waals surface area contributed by atoms with E-state index in [9.17, 15) is 9.50 Å². The first-order valence-electron chi connectivity index (χ1n) is 7.53. The van der Waals surface area contributed by atoms with Crippen molar-refractivity contribution in [3.8, 4) is 0 Å². The minimum absolute atomic E-state index is 0.312. The summed E-state index contributed by atoms with van der Waals surface area (Å²) in [6.45, 7) is 0.440. The Morgan fingerprint density at radius 2 is 1.90 bits per heavy atom. The van der Waals surface area contributed by atoms with Crippen LogP contribution < -0.4 is 5.32 Å². The third-order valence-corrected chi connectivity index (χ3v) is 4.22. The highest BCUT2D eigenvalue weighted by atomic mass is 19.1. The van der Waals surface area contributed by atoms with E-state index in [0.717, 1.165) is 25.7 Å². The maximum absolute atomic E-state index is 13.4. The fraction of sp³-hybridized carbons (Fsp3) is 0.500. The van der Waals surface area contributed by atoms with Crippen molar-refractivity contribution in [3.63, 3.8) is 0 Å². The number of nitrogens with one attached hydrogen (secondary N) is 1. The fourth-order valence-corrected chi connectivity index (χ4v) is 2.98. The largest absolute Gasteiger partial charge is 0.388 e. The van der Waals surface area contributed by atoms with E-state index in [1.165, 1.54) is 31.3 Å². The van der Waals surface area contributed by atoms with Crippen LogP contribution in [-0.4, -0.2) is 27.2 Å². The summed E-state index contributed by atoms with van der Waals surface area (Å²) < 4.78 is 13.4. The van der Waals surface area contributed by atoms with Gasteiger partial charge in [0.2, 0.25) is 0 Å². The molecule has 0 radical (unpaired) electrons. The summed E-state index contributed by atoms with van der Waals surface area (Å²) in [7, 11) is 0. The standard InChI is InChI=1S/C16H20FN3O/c17-12-5-6-14-13(9-12)15(20-11-19-14)18-10-16(21)7-3-1-2-4-8-16/h5-6,9,11,21H,1-4,7-8,10H2,(H,18,19,20). The van der Waals surface area contributed by atoms with Crippen LogP contribution in [0.25, 0.3) is 10.9 Å². The molecule has 1 saturated carbocycles. The van der Waals surface area contributed by atoms with E-state index in [-0.39, 0.29) is 5.82 Å². The third kappa shape index (κ3) is 3.29. The lowest BCUT2D eigenvalue weighted by Gasteiger charge is -2.27. The second-order valence-corrected chi connectivity index (χ2v) is 5.88. The van der Waals surface area contributed by atoms with Crippen LogP contribution in [0.15, 0.2) is 24.5 Å². The van der Waals surface area contributed by atoms with Gasteiger partial charge in [-0.05, 0) is 31.0 Å². The molecule has 0 aliphatic heterocycles. The van der Waals surface area contributed by atoms with Gasteiger partial charge in [0, 0.05) is 11.9 Å². The Kier molecular flexibility index (Phi) is 4.01. The molecule has 112 valence electrons. The Bertz CT molecular complexity index is 624. The van der Waals surface area contributed by atoms with Gasteiger partial charge >= 0.3 is 0 Å². The average Bonchev–Trinajstić information content (AvgIpc) is 2.70. The number of anilines is 1. The van der Waals surface area contributed by atoms with Gasteiger partial charge in [-0.1, -0.05) is 25.7 Å². The number of aliphatic hydroxyl groups is 1. The number of rotatable bonds is 3. The molecule has 1 aliphatic rings. The van der Waals surface area contributed by atoms with Crippen molar-refractivity contribution < 1.29 is 9.50 Å². The molecular weight excluding hydrogens is 269 g/mol. The summed E-state index contributed by atoms with van der Waals surface area (Å²) in [4.78, 5) is 8.32. The number of benzene rings is 1. The fourth-order valence-electron chi connectivity index (χ4n) is 2.98. The van der Waals surface area contributed by atoms with E-state index in [2.05, 4.69) is 15.3 Å².